The number of nitrogen functional groups attached to an aromatic ring is 1. The largest absolute Gasteiger partial charge is 0.478 e. The molecule has 2 aliphatic rings. The fraction of sp³-hybridized carbons (Fsp3) is 0.333. The van der Waals surface area contributed by atoms with Crippen LogP contribution in [0.1, 0.15) is 19.5 Å². The normalized spacial score (nSPS) is 18.5. The van der Waals surface area contributed by atoms with Crippen LogP contribution in [0.5, 0.6) is 0 Å². The van der Waals surface area contributed by atoms with Gasteiger partial charge in [0.05, 0.1) is 0 Å². The van der Waals surface area contributed by atoms with Gasteiger partial charge < -0.3 is 36.0 Å². The van der Waals surface area contributed by atoms with Gasteiger partial charge >= 0.3 is 11.9 Å². The number of carbonyl (C=O) groups excluding carboxylic acids is 3. The van der Waals surface area contributed by atoms with E-state index in [-0.39, 0.29) is 39.1 Å². The van der Waals surface area contributed by atoms with Crippen LogP contribution in [0.25, 0.3) is 11.0 Å². The Morgan fingerprint density at radius 2 is 2.07 bits per heavy atom. The zero-order valence-electron chi connectivity index (χ0n) is 24.3. The van der Waals surface area contributed by atoms with Crippen molar-refractivity contribution in [1.82, 2.24) is 25.1 Å². The zero-order chi connectivity index (χ0) is 33.3. The minimum atomic E-state index is -1.42. The molecule has 1 fully saturated rings. The van der Waals surface area contributed by atoms with Crippen LogP contribution >= 0.6 is 34.7 Å². The van der Waals surface area contributed by atoms with Gasteiger partial charge in [-0.05, 0) is 13.0 Å². The number of pyridine rings is 1. The van der Waals surface area contributed by atoms with Crippen LogP contribution in [0.4, 0.5) is 5.13 Å². The number of nitrogens with one attached hydrogen (secondary N) is 2. The number of hydrogen-bond acceptors (Lipinski definition) is 11. The van der Waals surface area contributed by atoms with Crippen LogP contribution in [0.15, 0.2) is 47.0 Å². The minimum absolute atomic E-state index is 0.0112. The standard InChI is InChI=1S/C27H27ClN8O8S2/c1-12(25(40)41)44-33-18(17-21(28)46-27(29)32-17)22(38)31-19-23(39)36-20(26(42)43)14(11-45-24(19)36)10-35-7-3-4-15-16(35)5-8-34(15)9-6-30-13(2)37/h3-5,7-8,12,19,24H,6,9-11H2,1-2H3,(H5-,29,30,31,32,37,38,40,41,42,43)/p+1/t12-,19+,24+/m0/s1. The number of halogens is 1. The molecule has 19 heteroatoms. The van der Waals surface area contributed by atoms with Crippen molar-refractivity contribution in [3.05, 3.63) is 51.9 Å². The number of carboxylic acids is 2. The molecule has 242 valence electrons. The molecule has 0 saturated carbocycles. The highest BCUT2D eigenvalue weighted by Gasteiger charge is 2.55. The Morgan fingerprint density at radius 1 is 1.30 bits per heavy atom. The van der Waals surface area contributed by atoms with Crippen molar-refractivity contribution in [1.29, 1.82) is 0 Å². The number of fused-ring (bicyclic) bond motifs is 2. The van der Waals surface area contributed by atoms with Crippen molar-refractivity contribution in [2.24, 2.45) is 5.16 Å². The maximum absolute atomic E-state index is 13.3. The van der Waals surface area contributed by atoms with Crippen molar-refractivity contribution >= 4 is 86.2 Å². The van der Waals surface area contributed by atoms with Gasteiger partial charge in [-0.15, -0.1) is 11.8 Å². The molecule has 0 aromatic carbocycles. The van der Waals surface area contributed by atoms with Crippen LogP contribution in [0.2, 0.25) is 4.34 Å². The van der Waals surface area contributed by atoms with Gasteiger partial charge in [0.15, 0.2) is 23.6 Å². The molecule has 3 atom stereocenters. The Balaban J connectivity index is 1.36. The van der Waals surface area contributed by atoms with Crippen LogP contribution < -0.4 is 20.9 Å². The van der Waals surface area contributed by atoms with Crippen LogP contribution in [0.3, 0.4) is 0 Å². The smallest absolute Gasteiger partial charge is 0.352 e. The van der Waals surface area contributed by atoms with Gasteiger partial charge in [0, 0.05) is 49.7 Å². The van der Waals surface area contributed by atoms with E-state index >= 15 is 0 Å². The third-order valence-corrected chi connectivity index (χ3v) is 9.55. The van der Waals surface area contributed by atoms with Gasteiger partial charge in [-0.1, -0.05) is 28.1 Å². The lowest BCUT2D eigenvalue weighted by Crippen LogP contribution is -2.71. The van der Waals surface area contributed by atoms with E-state index in [0.29, 0.717) is 18.7 Å². The minimum Gasteiger partial charge on any atom is -0.478 e. The molecule has 5 rings (SSSR count). The molecular formula is C27H28ClN8O8S2+. The second-order valence-corrected chi connectivity index (χ2v) is 13.0. The molecular weight excluding hydrogens is 664 g/mol. The summed E-state index contributed by atoms with van der Waals surface area (Å²) in [4.78, 5) is 71.7. The molecule has 2 aliphatic heterocycles. The summed E-state index contributed by atoms with van der Waals surface area (Å²) in [6, 6.07) is 4.52. The average molecular weight is 692 g/mol. The van der Waals surface area contributed by atoms with Gasteiger partial charge in [-0.25, -0.2) is 14.6 Å². The molecule has 0 radical (unpaired) electrons. The van der Waals surface area contributed by atoms with E-state index in [1.54, 1.807) is 0 Å². The number of amides is 3. The SMILES string of the molecule is CC(=O)NCCn1ccc2c1ccc[n+]2CC1=C(C(=O)O)N2C(=O)[C@@H](NC(=O)C(=NO[C@@H](C)C(=O)O)c3nc(N)sc3Cl)[C@H]2SC1. The molecule has 0 aliphatic carbocycles. The Bertz CT molecular complexity index is 1820. The summed E-state index contributed by atoms with van der Waals surface area (Å²) in [5.74, 6) is -4.10. The Kier molecular flexibility index (Phi) is 9.50. The average Bonchev–Trinajstić information content (AvgIpc) is 3.57. The van der Waals surface area contributed by atoms with Gasteiger partial charge in [0.1, 0.15) is 32.7 Å². The van der Waals surface area contributed by atoms with Crippen molar-refractivity contribution < 1.29 is 43.6 Å². The summed E-state index contributed by atoms with van der Waals surface area (Å²) in [7, 11) is 0. The second kappa shape index (κ2) is 13.4. The van der Waals surface area contributed by atoms with Gasteiger partial charge in [-0.2, -0.15) is 4.57 Å². The van der Waals surface area contributed by atoms with Crippen molar-refractivity contribution in [2.45, 2.75) is 44.5 Å². The van der Waals surface area contributed by atoms with E-state index in [9.17, 15) is 29.1 Å². The summed E-state index contributed by atoms with van der Waals surface area (Å²) in [6.07, 6.45) is 2.28. The number of hydrogen-bond donors (Lipinski definition) is 5. The second-order valence-electron chi connectivity index (χ2n) is 10.2. The maximum atomic E-state index is 13.3. The molecule has 16 nitrogen and oxygen atoms in total. The van der Waals surface area contributed by atoms with E-state index in [1.807, 2.05) is 39.7 Å². The first-order chi connectivity index (χ1) is 21.9. The molecule has 3 aromatic rings. The summed E-state index contributed by atoms with van der Waals surface area (Å²) in [5, 5.41) is 27.5. The number of carbonyl (C=O) groups is 5. The highest BCUT2D eigenvalue weighted by Crippen LogP contribution is 2.40. The highest BCUT2D eigenvalue weighted by atomic mass is 35.5. The highest BCUT2D eigenvalue weighted by molar-refractivity contribution is 8.00. The number of aromatic nitrogens is 3. The van der Waals surface area contributed by atoms with Gasteiger partial charge in [0.25, 0.3) is 11.8 Å². The Hall–Kier alpha value is -4.68. The van der Waals surface area contributed by atoms with Crippen molar-refractivity contribution in [2.75, 3.05) is 18.0 Å². The lowest BCUT2D eigenvalue weighted by molar-refractivity contribution is -0.663. The number of β-lactam (4-membered cyclic amide) rings is 1. The number of thiazole rings is 1. The number of nitrogens with zero attached hydrogens (tertiary/aromatic N) is 5. The third kappa shape index (κ3) is 6.49. The first-order valence-corrected chi connectivity index (χ1v) is 15.9. The molecule has 0 bridgehead atoms. The summed E-state index contributed by atoms with van der Waals surface area (Å²) >= 11 is 8.30. The van der Waals surface area contributed by atoms with Crippen LogP contribution in [-0.4, -0.2) is 89.9 Å². The summed E-state index contributed by atoms with van der Waals surface area (Å²) in [6.45, 7) is 3.83. The monoisotopic (exact) mass is 691 g/mol. The van der Waals surface area contributed by atoms with Crippen LogP contribution in [-0.2, 0) is 41.9 Å². The van der Waals surface area contributed by atoms with Crippen molar-refractivity contribution in [3.8, 4) is 0 Å². The molecule has 0 spiro atoms. The third-order valence-electron chi connectivity index (χ3n) is 7.13. The van der Waals surface area contributed by atoms with Gasteiger partial charge in [0.2, 0.25) is 17.5 Å². The predicted octanol–water partition coefficient (Wildman–Crippen LogP) is 0.390. The molecule has 3 aromatic heterocycles. The van der Waals surface area contributed by atoms with Crippen LogP contribution in [0, 0.1) is 0 Å². The lowest BCUT2D eigenvalue weighted by Gasteiger charge is -2.49. The van der Waals surface area contributed by atoms with E-state index in [1.165, 1.54) is 25.6 Å². The molecule has 46 heavy (non-hydrogen) atoms. The number of rotatable bonds is 12. The number of anilines is 1. The van der Waals surface area contributed by atoms with Gasteiger partial charge in [-0.3, -0.25) is 19.3 Å². The molecule has 0 unspecified atom stereocenters. The molecule has 5 heterocycles. The number of nitrogens with two attached hydrogens (primary N) is 1. The molecule has 3 amide bonds. The first-order valence-electron chi connectivity index (χ1n) is 13.7. The summed E-state index contributed by atoms with van der Waals surface area (Å²) in [5.41, 5.74) is 7.09. The Morgan fingerprint density at radius 3 is 2.72 bits per heavy atom. The zero-order valence-corrected chi connectivity index (χ0v) is 26.7. The number of aliphatic carboxylic acids is 2. The first kappa shape index (κ1) is 32.7. The Labute approximate surface area is 273 Å². The fourth-order valence-electron chi connectivity index (χ4n) is 4.95. The fourth-order valence-corrected chi connectivity index (χ4v) is 7.22. The summed E-state index contributed by atoms with van der Waals surface area (Å²) < 4.78 is 3.85. The number of carboxylic acid groups (broad SMARTS) is 2. The van der Waals surface area contributed by atoms with E-state index < -0.39 is 47.0 Å². The maximum Gasteiger partial charge on any atom is 0.352 e. The predicted molar refractivity (Wildman–Crippen MR) is 167 cm³/mol. The number of thioether (sulfide) groups is 1. The van der Waals surface area contributed by atoms with E-state index in [0.717, 1.165) is 27.3 Å². The molecule has 1 saturated heterocycles. The quantitative estimate of drug-likeness (QED) is 0.0756. The number of oxime groups is 1. The topological polar surface area (TPSA) is 222 Å². The van der Waals surface area contributed by atoms with Crippen molar-refractivity contribution in [3.63, 3.8) is 0 Å². The van der Waals surface area contributed by atoms with E-state index in [4.69, 9.17) is 27.3 Å². The molecule has 6 N–H and O–H groups in total. The lowest BCUT2D eigenvalue weighted by atomic mass is 10.0. The van der Waals surface area contributed by atoms with E-state index in [2.05, 4.69) is 20.8 Å².